The van der Waals surface area contributed by atoms with Gasteiger partial charge in [-0.25, -0.2) is 9.97 Å². The highest BCUT2D eigenvalue weighted by molar-refractivity contribution is 5.64. The van der Waals surface area contributed by atoms with Gasteiger partial charge in [-0.15, -0.1) is 0 Å². The van der Waals surface area contributed by atoms with E-state index >= 15 is 0 Å². The van der Waals surface area contributed by atoms with Crippen LogP contribution in [0, 0.1) is 18.3 Å². The van der Waals surface area contributed by atoms with Crippen LogP contribution in [0.1, 0.15) is 49.2 Å². The van der Waals surface area contributed by atoms with Crippen molar-refractivity contribution in [2.45, 2.75) is 52.2 Å². The van der Waals surface area contributed by atoms with Crippen LogP contribution in [-0.4, -0.2) is 84.5 Å². The number of hydrogen-bond donors (Lipinski definition) is 0. The van der Waals surface area contributed by atoms with Crippen LogP contribution >= 0.6 is 0 Å². The fourth-order valence-corrected chi connectivity index (χ4v) is 5.38. The molecule has 2 saturated heterocycles. The molecular formula is C33H41N5O3. The topological polar surface area (TPSA) is 83.7 Å². The summed E-state index contributed by atoms with van der Waals surface area (Å²) in [5.41, 5.74) is 4.39. The Bertz CT molecular complexity index is 1340. The molecule has 0 amide bonds. The smallest absolute Gasteiger partial charge is 0.137 e. The molecule has 5 rings (SSSR count). The Balaban J connectivity index is 1.20. The highest BCUT2D eigenvalue weighted by Crippen LogP contribution is 2.28. The largest absolute Gasteiger partial charge is 0.492 e. The molecule has 0 saturated carbocycles. The molecule has 1 aromatic heterocycles. The number of hydrogen-bond acceptors (Lipinski definition) is 8. The summed E-state index contributed by atoms with van der Waals surface area (Å²) in [4.78, 5) is 14.4. The van der Waals surface area contributed by atoms with Gasteiger partial charge in [-0.3, -0.25) is 9.80 Å². The number of aromatic nitrogens is 2. The summed E-state index contributed by atoms with van der Waals surface area (Å²) >= 11 is 0. The first kappa shape index (κ1) is 29.0. The Morgan fingerprint density at radius 3 is 2.59 bits per heavy atom. The number of piperazine rings is 1. The van der Waals surface area contributed by atoms with Crippen molar-refractivity contribution in [2.75, 3.05) is 52.5 Å². The van der Waals surface area contributed by atoms with Crippen molar-refractivity contribution < 1.29 is 14.2 Å². The van der Waals surface area contributed by atoms with E-state index in [1.165, 1.54) is 0 Å². The Morgan fingerprint density at radius 1 is 1.02 bits per heavy atom. The van der Waals surface area contributed by atoms with Gasteiger partial charge in [0.15, 0.2) is 0 Å². The molecule has 0 bridgehead atoms. The van der Waals surface area contributed by atoms with Crippen molar-refractivity contribution in [1.82, 2.24) is 19.8 Å². The van der Waals surface area contributed by atoms with Gasteiger partial charge in [-0.05, 0) is 62.2 Å². The lowest BCUT2D eigenvalue weighted by atomic mass is 10.1. The monoisotopic (exact) mass is 555 g/mol. The third-order valence-electron chi connectivity index (χ3n) is 7.98. The molecule has 2 aromatic carbocycles. The van der Waals surface area contributed by atoms with E-state index in [-0.39, 0.29) is 6.10 Å². The van der Waals surface area contributed by atoms with Crippen molar-refractivity contribution in [2.24, 2.45) is 0 Å². The lowest BCUT2D eigenvalue weighted by Crippen LogP contribution is -2.49. The second kappa shape index (κ2) is 13.9. The van der Waals surface area contributed by atoms with Crippen molar-refractivity contribution in [3.8, 4) is 28.8 Å². The quantitative estimate of drug-likeness (QED) is 0.350. The summed E-state index contributed by atoms with van der Waals surface area (Å²) in [7, 11) is 0. The van der Waals surface area contributed by atoms with Crippen LogP contribution in [0.3, 0.4) is 0 Å². The zero-order valence-electron chi connectivity index (χ0n) is 24.5. The zero-order valence-corrected chi connectivity index (χ0v) is 24.5. The number of nitrogens with zero attached hydrogens (tertiary/aromatic N) is 5. The molecule has 2 aliphatic heterocycles. The molecule has 2 aliphatic rings. The summed E-state index contributed by atoms with van der Waals surface area (Å²) in [6.45, 7) is 14.0. The lowest BCUT2D eigenvalue weighted by Gasteiger charge is -2.36. The standard InChI is InChI=1S/C33H41N5O3/c1-24(2)38-14-12-37(13-15-38)16-19-40-32-20-26(5-4-25(32)3)21-33-35-11-8-30(36-33)27-6-7-31(28(22-27)23-34)41-29-9-17-39-18-10-29/h4-8,11,20,22,24,29H,9-10,12-19,21H2,1-3H3. The Kier molecular flexibility index (Phi) is 9.84. The third kappa shape index (κ3) is 7.82. The minimum atomic E-state index is 0.0798. The number of rotatable bonds is 10. The molecule has 0 atom stereocenters. The van der Waals surface area contributed by atoms with E-state index in [1.807, 2.05) is 24.3 Å². The first-order chi connectivity index (χ1) is 20.0. The van der Waals surface area contributed by atoms with Crippen LogP contribution in [-0.2, 0) is 11.2 Å². The molecule has 216 valence electrons. The molecule has 0 aliphatic carbocycles. The van der Waals surface area contributed by atoms with Gasteiger partial charge in [-0.2, -0.15) is 5.26 Å². The van der Waals surface area contributed by atoms with Gasteiger partial charge in [0.2, 0.25) is 0 Å². The van der Waals surface area contributed by atoms with Crippen LogP contribution in [0.15, 0.2) is 48.7 Å². The average molecular weight is 556 g/mol. The molecule has 2 fully saturated rings. The molecule has 0 radical (unpaired) electrons. The van der Waals surface area contributed by atoms with Gasteiger partial charge in [0.05, 0.1) is 24.5 Å². The Labute approximate surface area is 243 Å². The number of ether oxygens (including phenoxy) is 3. The summed E-state index contributed by atoms with van der Waals surface area (Å²) in [5, 5.41) is 9.78. The van der Waals surface area contributed by atoms with E-state index in [4.69, 9.17) is 19.2 Å². The summed E-state index contributed by atoms with van der Waals surface area (Å²) in [5.74, 6) is 2.25. The van der Waals surface area contributed by atoms with Crippen LogP contribution in [0.4, 0.5) is 0 Å². The summed E-state index contributed by atoms with van der Waals surface area (Å²) in [6.07, 6.45) is 4.13. The minimum absolute atomic E-state index is 0.0798. The van der Waals surface area contributed by atoms with Gasteiger partial charge in [0.1, 0.15) is 36.1 Å². The zero-order chi connectivity index (χ0) is 28.6. The fourth-order valence-electron chi connectivity index (χ4n) is 5.38. The van der Waals surface area contributed by atoms with E-state index in [0.29, 0.717) is 43.6 Å². The second-order valence-corrected chi connectivity index (χ2v) is 11.2. The predicted molar refractivity (Wildman–Crippen MR) is 159 cm³/mol. The highest BCUT2D eigenvalue weighted by Gasteiger charge is 2.19. The van der Waals surface area contributed by atoms with Crippen LogP contribution in [0.5, 0.6) is 11.5 Å². The normalized spacial score (nSPS) is 17.0. The number of benzene rings is 2. The van der Waals surface area contributed by atoms with Crippen LogP contribution in [0.2, 0.25) is 0 Å². The SMILES string of the molecule is Cc1ccc(Cc2nccc(-c3ccc(OC4CCOCC4)c(C#N)c3)n2)cc1OCCN1CCN(C(C)C)CC1. The Hall–Kier alpha value is -3.51. The third-order valence-corrected chi connectivity index (χ3v) is 7.98. The van der Waals surface area contributed by atoms with E-state index in [2.05, 4.69) is 59.8 Å². The minimum Gasteiger partial charge on any atom is -0.492 e. The maximum absolute atomic E-state index is 9.78. The number of nitriles is 1. The van der Waals surface area contributed by atoms with Gasteiger partial charge >= 0.3 is 0 Å². The molecule has 0 N–H and O–H groups in total. The first-order valence-corrected chi connectivity index (χ1v) is 14.8. The summed E-state index contributed by atoms with van der Waals surface area (Å²) in [6, 6.07) is 16.8. The van der Waals surface area contributed by atoms with E-state index in [9.17, 15) is 5.26 Å². The molecule has 8 heteroatoms. The molecule has 3 heterocycles. The molecule has 0 spiro atoms. The van der Waals surface area contributed by atoms with Gasteiger partial charge in [-0.1, -0.05) is 12.1 Å². The van der Waals surface area contributed by atoms with Crippen LogP contribution in [0.25, 0.3) is 11.3 Å². The van der Waals surface area contributed by atoms with Crippen molar-refractivity contribution >= 4 is 0 Å². The van der Waals surface area contributed by atoms with Crippen molar-refractivity contribution in [1.29, 1.82) is 5.26 Å². The molecule has 8 nitrogen and oxygen atoms in total. The van der Waals surface area contributed by atoms with Gasteiger partial charge < -0.3 is 14.2 Å². The Morgan fingerprint density at radius 2 is 1.83 bits per heavy atom. The summed E-state index contributed by atoms with van der Waals surface area (Å²) < 4.78 is 17.8. The van der Waals surface area contributed by atoms with Crippen LogP contribution < -0.4 is 9.47 Å². The molecule has 41 heavy (non-hydrogen) atoms. The molecule has 0 unspecified atom stereocenters. The van der Waals surface area contributed by atoms with Crippen molar-refractivity contribution in [3.05, 3.63) is 71.2 Å². The molecule has 3 aromatic rings. The second-order valence-electron chi connectivity index (χ2n) is 11.2. The van der Waals surface area contributed by atoms with E-state index in [1.54, 1.807) is 6.20 Å². The van der Waals surface area contributed by atoms with Gasteiger partial charge in [0, 0.05) is 69.8 Å². The predicted octanol–water partition coefficient (Wildman–Crippen LogP) is 4.88. The van der Waals surface area contributed by atoms with Gasteiger partial charge in [0.25, 0.3) is 0 Å². The molecular weight excluding hydrogens is 514 g/mol. The van der Waals surface area contributed by atoms with Crippen molar-refractivity contribution in [3.63, 3.8) is 0 Å². The number of aryl methyl sites for hydroxylation is 1. The first-order valence-electron chi connectivity index (χ1n) is 14.8. The average Bonchev–Trinajstić information content (AvgIpc) is 3.00. The highest BCUT2D eigenvalue weighted by atomic mass is 16.5. The fraction of sp³-hybridized carbons (Fsp3) is 0.485. The lowest BCUT2D eigenvalue weighted by molar-refractivity contribution is 0.0254. The van der Waals surface area contributed by atoms with E-state index < -0.39 is 0 Å². The van der Waals surface area contributed by atoms with E-state index in [0.717, 1.165) is 79.5 Å². The maximum Gasteiger partial charge on any atom is 0.137 e. The maximum atomic E-state index is 9.78.